The monoisotopic (exact) mass is 261 g/mol. The zero-order chi connectivity index (χ0) is 12.7. The summed E-state index contributed by atoms with van der Waals surface area (Å²) in [6.45, 7) is 4.94. The van der Waals surface area contributed by atoms with Crippen LogP contribution < -0.4 is 5.32 Å². The van der Waals surface area contributed by atoms with Gasteiger partial charge in [0.1, 0.15) is 0 Å². The van der Waals surface area contributed by atoms with Crippen molar-refractivity contribution in [3.05, 3.63) is 0 Å². The molecule has 1 rings (SSSR count). The maximum absolute atomic E-state index is 12.0. The van der Waals surface area contributed by atoms with E-state index >= 15 is 0 Å². The van der Waals surface area contributed by atoms with Crippen LogP contribution >= 0.6 is 0 Å². The second-order valence-corrected chi connectivity index (χ2v) is 6.77. The van der Waals surface area contributed by atoms with Crippen molar-refractivity contribution in [3.8, 4) is 0 Å². The minimum atomic E-state index is -0.669. The summed E-state index contributed by atoms with van der Waals surface area (Å²) in [5.74, 6) is 0.782. The fraction of sp³-hybridized carbons (Fsp3) is 1.00. The molecule has 0 aromatic heterocycles. The Morgan fingerprint density at radius 3 is 2.65 bits per heavy atom. The lowest BCUT2D eigenvalue weighted by molar-refractivity contribution is 0.154. The molecule has 1 saturated carbocycles. The maximum atomic E-state index is 12.0. The van der Waals surface area contributed by atoms with Gasteiger partial charge in [-0.1, -0.05) is 26.7 Å². The van der Waals surface area contributed by atoms with Crippen LogP contribution in [0.4, 0.5) is 0 Å². The van der Waals surface area contributed by atoms with Gasteiger partial charge in [-0.15, -0.1) is 0 Å². The normalized spacial score (nSPS) is 28.9. The molecule has 0 unspecified atom stereocenters. The van der Waals surface area contributed by atoms with E-state index in [1.165, 1.54) is 12.8 Å². The fourth-order valence-electron chi connectivity index (χ4n) is 2.60. The van der Waals surface area contributed by atoms with Crippen molar-refractivity contribution in [1.29, 1.82) is 0 Å². The molecule has 0 spiro atoms. The van der Waals surface area contributed by atoms with Gasteiger partial charge in [0.25, 0.3) is 0 Å². The van der Waals surface area contributed by atoms with Gasteiger partial charge in [-0.05, 0) is 19.3 Å². The fourth-order valence-corrected chi connectivity index (χ4v) is 4.04. The Labute approximate surface area is 108 Å². The van der Waals surface area contributed by atoms with Crippen LogP contribution in [0.3, 0.4) is 0 Å². The van der Waals surface area contributed by atoms with E-state index in [1.807, 2.05) is 6.92 Å². The van der Waals surface area contributed by atoms with Crippen LogP contribution in [0.5, 0.6) is 0 Å². The minimum Gasteiger partial charge on any atom is -0.383 e. The summed E-state index contributed by atoms with van der Waals surface area (Å²) < 4.78 is 17.3. The quantitative estimate of drug-likeness (QED) is 0.762. The molecule has 102 valence electrons. The third-order valence-electron chi connectivity index (χ3n) is 3.64. The van der Waals surface area contributed by atoms with Crippen molar-refractivity contribution < 1.29 is 8.95 Å². The second-order valence-electron chi connectivity index (χ2n) is 4.83. The van der Waals surface area contributed by atoms with Crippen molar-refractivity contribution >= 4 is 10.8 Å². The zero-order valence-electron chi connectivity index (χ0n) is 11.4. The molecule has 0 amide bonds. The van der Waals surface area contributed by atoms with Crippen molar-refractivity contribution in [3.63, 3.8) is 0 Å². The summed E-state index contributed by atoms with van der Waals surface area (Å²) in [7, 11) is 1.07. The summed E-state index contributed by atoms with van der Waals surface area (Å²) in [6.07, 6.45) is 5.84. The first-order chi connectivity index (χ1) is 8.22. The van der Waals surface area contributed by atoms with E-state index < -0.39 is 10.8 Å². The smallest absolute Gasteiger partial charge is 0.0615 e. The van der Waals surface area contributed by atoms with Gasteiger partial charge in [-0.2, -0.15) is 0 Å². The predicted molar refractivity (Wildman–Crippen MR) is 73.8 cm³/mol. The van der Waals surface area contributed by atoms with E-state index in [4.69, 9.17) is 4.74 Å². The molecule has 0 heterocycles. The van der Waals surface area contributed by atoms with E-state index in [1.54, 1.807) is 7.11 Å². The van der Waals surface area contributed by atoms with Crippen LogP contribution in [-0.4, -0.2) is 41.0 Å². The third-order valence-corrected chi connectivity index (χ3v) is 5.44. The van der Waals surface area contributed by atoms with Gasteiger partial charge < -0.3 is 10.1 Å². The molecule has 4 heteroatoms. The SMILES string of the molecule is CC[C@H](COC)N[C@@H]1CCCC[C@H]1[S@@](=O)CC. The molecule has 17 heavy (non-hydrogen) atoms. The average molecular weight is 261 g/mol. The number of ether oxygens (including phenoxy) is 1. The summed E-state index contributed by atoms with van der Waals surface area (Å²) in [6, 6.07) is 0.823. The number of methoxy groups -OCH3 is 1. The largest absolute Gasteiger partial charge is 0.383 e. The highest BCUT2D eigenvalue weighted by atomic mass is 32.2. The minimum absolute atomic E-state index is 0.347. The second kappa shape index (κ2) is 8.22. The molecule has 1 aliphatic carbocycles. The first-order valence-corrected chi connectivity index (χ1v) is 8.23. The highest BCUT2D eigenvalue weighted by Gasteiger charge is 2.30. The molecule has 4 atom stereocenters. The Hall–Kier alpha value is 0.0700. The Morgan fingerprint density at radius 2 is 2.06 bits per heavy atom. The third kappa shape index (κ3) is 4.68. The Balaban J connectivity index is 2.54. The van der Waals surface area contributed by atoms with Crippen LogP contribution in [0.25, 0.3) is 0 Å². The topological polar surface area (TPSA) is 38.3 Å². The van der Waals surface area contributed by atoms with Gasteiger partial charge in [-0.3, -0.25) is 4.21 Å². The van der Waals surface area contributed by atoms with Gasteiger partial charge in [-0.25, -0.2) is 0 Å². The first-order valence-electron chi connectivity index (χ1n) is 6.85. The summed E-state index contributed by atoms with van der Waals surface area (Å²) in [4.78, 5) is 0. The van der Waals surface area contributed by atoms with Crippen LogP contribution in [0.15, 0.2) is 0 Å². The highest BCUT2D eigenvalue weighted by Crippen LogP contribution is 2.23. The standard InChI is InChI=1S/C13H27NO2S/c1-4-11(10-16-3)14-12-8-6-7-9-13(12)17(15)5-2/h11-14H,4-10H2,1-3H3/t11-,12-,13-,17+/m1/s1. The van der Waals surface area contributed by atoms with E-state index in [0.717, 1.165) is 31.6 Å². The molecule has 0 aromatic carbocycles. The lowest BCUT2D eigenvalue weighted by Crippen LogP contribution is -2.50. The van der Waals surface area contributed by atoms with Gasteiger partial charge in [0.2, 0.25) is 0 Å². The lowest BCUT2D eigenvalue weighted by atomic mass is 9.94. The lowest BCUT2D eigenvalue weighted by Gasteiger charge is -2.34. The Morgan fingerprint density at radius 1 is 1.35 bits per heavy atom. The van der Waals surface area contributed by atoms with Crippen molar-refractivity contribution in [2.24, 2.45) is 0 Å². The van der Waals surface area contributed by atoms with Crippen molar-refractivity contribution in [2.45, 2.75) is 63.3 Å². The number of hydrogen-bond acceptors (Lipinski definition) is 3. The molecule has 0 aromatic rings. The van der Waals surface area contributed by atoms with Crippen molar-refractivity contribution in [1.82, 2.24) is 5.32 Å². The van der Waals surface area contributed by atoms with Crippen LogP contribution in [0.2, 0.25) is 0 Å². The Kier molecular flexibility index (Phi) is 7.32. The molecule has 1 fully saturated rings. The number of nitrogens with one attached hydrogen (secondary N) is 1. The van der Waals surface area contributed by atoms with Gasteiger partial charge in [0, 0.05) is 35.7 Å². The van der Waals surface area contributed by atoms with Crippen LogP contribution in [0, 0.1) is 0 Å². The molecule has 0 saturated heterocycles. The zero-order valence-corrected chi connectivity index (χ0v) is 12.2. The molecule has 1 aliphatic rings. The number of rotatable bonds is 7. The molecular formula is C13H27NO2S. The first kappa shape index (κ1) is 15.1. The summed E-state index contributed by atoms with van der Waals surface area (Å²) in [5, 5.41) is 4.00. The molecular weight excluding hydrogens is 234 g/mol. The van der Waals surface area contributed by atoms with Crippen LogP contribution in [-0.2, 0) is 15.5 Å². The molecule has 0 aliphatic heterocycles. The van der Waals surface area contributed by atoms with E-state index in [2.05, 4.69) is 12.2 Å². The molecule has 1 N–H and O–H groups in total. The predicted octanol–water partition coefficient (Wildman–Crippen LogP) is 2.08. The highest BCUT2D eigenvalue weighted by molar-refractivity contribution is 7.85. The van der Waals surface area contributed by atoms with E-state index in [9.17, 15) is 4.21 Å². The average Bonchev–Trinajstić information content (AvgIpc) is 2.38. The summed E-state index contributed by atoms with van der Waals surface area (Å²) >= 11 is 0. The molecule has 3 nitrogen and oxygen atoms in total. The Bertz CT molecular complexity index is 235. The van der Waals surface area contributed by atoms with Crippen molar-refractivity contribution in [2.75, 3.05) is 19.5 Å². The van der Waals surface area contributed by atoms with E-state index in [-0.39, 0.29) is 0 Å². The van der Waals surface area contributed by atoms with E-state index in [0.29, 0.717) is 17.3 Å². The van der Waals surface area contributed by atoms with Crippen LogP contribution in [0.1, 0.15) is 46.0 Å². The maximum Gasteiger partial charge on any atom is 0.0615 e. The number of hydrogen-bond donors (Lipinski definition) is 1. The summed E-state index contributed by atoms with van der Waals surface area (Å²) in [5.41, 5.74) is 0. The molecule has 0 radical (unpaired) electrons. The van der Waals surface area contributed by atoms with Gasteiger partial charge >= 0.3 is 0 Å². The molecule has 0 bridgehead atoms. The van der Waals surface area contributed by atoms with Gasteiger partial charge in [0.05, 0.1) is 11.9 Å². The van der Waals surface area contributed by atoms with Gasteiger partial charge in [0.15, 0.2) is 0 Å².